The molecule has 0 spiro atoms. The molecule has 1 aromatic carbocycles. The molecule has 0 aliphatic carbocycles. The quantitative estimate of drug-likeness (QED) is 0.613. The Morgan fingerprint density at radius 3 is 2.48 bits per heavy atom. The highest BCUT2D eigenvalue weighted by molar-refractivity contribution is 5.70. The highest BCUT2D eigenvalue weighted by Crippen LogP contribution is 2.16. The van der Waals surface area contributed by atoms with Gasteiger partial charge in [0.2, 0.25) is 0 Å². The molecule has 160 valence electrons. The molecule has 1 aliphatic heterocycles. The normalized spacial score (nSPS) is 14.4. The number of aryl methyl sites for hydroxylation is 3. The fraction of sp³-hybridized carbons (Fsp3) is 0.333. The van der Waals surface area contributed by atoms with Crippen molar-refractivity contribution in [2.24, 2.45) is 0 Å². The van der Waals surface area contributed by atoms with Crippen LogP contribution in [-0.4, -0.2) is 57.0 Å². The predicted octanol–water partition coefficient (Wildman–Crippen LogP) is 3.28. The van der Waals surface area contributed by atoms with E-state index in [1.165, 1.54) is 11.1 Å². The van der Waals surface area contributed by atoms with Gasteiger partial charge in [-0.25, -0.2) is 4.79 Å². The number of piperazine rings is 1. The Morgan fingerprint density at radius 1 is 0.968 bits per heavy atom. The molecule has 0 unspecified atom stereocenters. The van der Waals surface area contributed by atoms with E-state index < -0.39 is 0 Å². The number of carbonyl (C=O) groups excluding carboxylic acids is 1. The lowest BCUT2D eigenvalue weighted by Crippen LogP contribution is -2.49. The van der Waals surface area contributed by atoms with Crippen LogP contribution in [0.3, 0.4) is 0 Å². The van der Waals surface area contributed by atoms with Gasteiger partial charge in [-0.05, 0) is 49.1 Å². The van der Waals surface area contributed by atoms with Crippen LogP contribution in [0, 0.1) is 6.92 Å². The summed E-state index contributed by atoms with van der Waals surface area (Å²) in [5.74, 6) is 0.574. The van der Waals surface area contributed by atoms with Gasteiger partial charge in [-0.2, -0.15) is 0 Å². The summed E-state index contributed by atoms with van der Waals surface area (Å²) in [5.41, 5.74) is 4.47. The van der Waals surface area contributed by atoms with E-state index in [0.29, 0.717) is 18.8 Å². The van der Waals surface area contributed by atoms with E-state index in [1.54, 1.807) is 23.5 Å². The van der Waals surface area contributed by atoms with Crippen molar-refractivity contribution in [1.82, 2.24) is 24.8 Å². The van der Waals surface area contributed by atoms with E-state index in [1.807, 2.05) is 36.5 Å². The SMILES string of the molecule is Cc1cccnc1CCc1ccc(OC(=O)N2CCN(Cc3cnccn3)CC2)cc1. The van der Waals surface area contributed by atoms with E-state index in [9.17, 15) is 4.79 Å². The first kappa shape index (κ1) is 20.9. The van der Waals surface area contributed by atoms with Crippen LogP contribution in [0.25, 0.3) is 0 Å². The van der Waals surface area contributed by atoms with E-state index in [-0.39, 0.29) is 6.09 Å². The number of amides is 1. The summed E-state index contributed by atoms with van der Waals surface area (Å²) in [7, 11) is 0. The van der Waals surface area contributed by atoms with Gasteiger partial charge in [0.15, 0.2) is 0 Å². The van der Waals surface area contributed by atoms with Gasteiger partial charge in [0.1, 0.15) is 5.75 Å². The first-order chi connectivity index (χ1) is 15.2. The van der Waals surface area contributed by atoms with Crippen LogP contribution in [0.1, 0.15) is 22.5 Å². The number of benzene rings is 1. The molecule has 3 heterocycles. The molecule has 1 amide bonds. The third kappa shape index (κ3) is 5.86. The number of pyridine rings is 1. The van der Waals surface area contributed by atoms with Crippen molar-refractivity contribution in [3.05, 3.63) is 83.7 Å². The molecule has 2 aromatic heterocycles. The Kier molecular flexibility index (Phi) is 6.84. The van der Waals surface area contributed by atoms with E-state index in [0.717, 1.165) is 43.9 Å². The minimum absolute atomic E-state index is 0.295. The molecular weight excluding hydrogens is 390 g/mol. The standard InChI is InChI=1S/C24H27N5O2/c1-19-3-2-10-27-23(19)9-6-20-4-7-22(8-5-20)31-24(30)29-15-13-28(14-16-29)18-21-17-25-11-12-26-21/h2-5,7-8,10-12,17H,6,9,13-16,18H2,1H3. The fourth-order valence-electron chi connectivity index (χ4n) is 3.66. The monoisotopic (exact) mass is 417 g/mol. The molecule has 1 fully saturated rings. The molecule has 1 aliphatic rings. The molecule has 31 heavy (non-hydrogen) atoms. The maximum Gasteiger partial charge on any atom is 0.415 e. The van der Waals surface area contributed by atoms with Gasteiger partial charge >= 0.3 is 6.09 Å². The van der Waals surface area contributed by atoms with Gasteiger partial charge in [0.25, 0.3) is 0 Å². The number of carbonyl (C=O) groups is 1. The van der Waals surface area contributed by atoms with Crippen LogP contribution in [-0.2, 0) is 19.4 Å². The van der Waals surface area contributed by atoms with Crippen LogP contribution in [0.4, 0.5) is 4.79 Å². The van der Waals surface area contributed by atoms with Gasteiger partial charge in [0, 0.05) is 63.2 Å². The molecule has 4 rings (SSSR count). The van der Waals surface area contributed by atoms with E-state index in [2.05, 4.69) is 32.8 Å². The molecule has 3 aromatic rings. The van der Waals surface area contributed by atoms with Gasteiger partial charge in [-0.15, -0.1) is 0 Å². The molecule has 0 bridgehead atoms. The number of hydrogen-bond donors (Lipinski definition) is 0. The molecule has 0 N–H and O–H groups in total. The first-order valence-electron chi connectivity index (χ1n) is 10.6. The smallest absolute Gasteiger partial charge is 0.410 e. The predicted molar refractivity (Wildman–Crippen MR) is 118 cm³/mol. The molecule has 0 saturated carbocycles. The zero-order valence-corrected chi connectivity index (χ0v) is 17.8. The third-order valence-corrected chi connectivity index (χ3v) is 5.53. The van der Waals surface area contributed by atoms with Gasteiger partial charge in [-0.3, -0.25) is 19.9 Å². The van der Waals surface area contributed by atoms with Crippen molar-refractivity contribution in [3.63, 3.8) is 0 Å². The van der Waals surface area contributed by atoms with Crippen molar-refractivity contribution in [2.45, 2.75) is 26.3 Å². The maximum absolute atomic E-state index is 12.5. The lowest BCUT2D eigenvalue weighted by molar-refractivity contribution is 0.107. The molecule has 1 saturated heterocycles. The van der Waals surface area contributed by atoms with Crippen LogP contribution in [0.5, 0.6) is 5.75 Å². The lowest BCUT2D eigenvalue weighted by atomic mass is 10.1. The minimum atomic E-state index is -0.295. The Balaban J connectivity index is 1.23. The van der Waals surface area contributed by atoms with Crippen molar-refractivity contribution in [3.8, 4) is 5.75 Å². The molecule has 7 heteroatoms. The molecule has 0 atom stereocenters. The van der Waals surface area contributed by atoms with Gasteiger partial charge in [0.05, 0.1) is 5.69 Å². The highest BCUT2D eigenvalue weighted by atomic mass is 16.6. The second kappa shape index (κ2) is 10.1. The summed E-state index contributed by atoms with van der Waals surface area (Å²) in [4.78, 5) is 29.4. The number of hydrogen-bond acceptors (Lipinski definition) is 6. The van der Waals surface area contributed by atoms with Crippen molar-refractivity contribution in [1.29, 1.82) is 0 Å². The number of rotatable bonds is 6. The Hall–Kier alpha value is -3.32. The Morgan fingerprint density at radius 2 is 1.77 bits per heavy atom. The third-order valence-electron chi connectivity index (χ3n) is 5.53. The number of aromatic nitrogens is 3. The molecule has 0 radical (unpaired) electrons. The summed E-state index contributed by atoms with van der Waals surface area (Å²) >= 11 is 0. The zero-order chi connectivity index (χ0) is 21.5. The van der Waals surface area contributed by atoms with Crippen LogP contribution in [0.15, 0.2) is 61.2 Å². The van der Waals surface area contributed by atoms with Crippen molar-refractivity contribution >= 4 is 6.09 Å². The zero-order valence-electron chi connectivity index (χ0n) is 17.8. The molecule has 7 nitrogen and oxygen atoms in total. The summed E-state index contributed by atoms with van der Waals surface area (Å²) in [5, 5.41) is 0. The minimum Gasteiger partial charge on any atom is -0.410 e. The van der Waals surface area contributed by atoms with Crippen LogP contribution >= 0.6 is 0 Å². The lowest BCUT2D eigenvalue weighted by Gasteiger charge is -2.33. The average Bonchev–Trinajstić information content (AvgIpc) is 2.81. The van der Waals surface area contributed by atoms with Crippen LogP contribution < -0.4 is 4.74 Å². The Labute approximate surface area is 182 Å². The average molecular weight is 418 g/mol. The summed E-state index contributed by atoms with van der Waals surface area (Å²) in [6.45, 7) is 5.69. The van der Waals surface area contributed by atoms with Crippen molar-refractivity contribution < 1.29 is 9.53 Å². The largest absolute Gasteiger partial charge is 0.415 e. The number of ether oxygens (including phenoxy) is 1. The van der Waals surface area contributed by atoms with Crippen LogP contribution in [0.2, 0.25) is 0 Å². The second-order valence-electron chi connectivity index (χ2n) is 7.74. The number of nitrogens with zero attached hydrogens (tertiary/aromatic N) is 5. The molecular formula is C24H27N5O2. The first-order valence-corrected chi connectivity index (χ1v) is 10.6. The maximum atomic E-state index is 12.5. The summed E-state index contributed by atoms with van der Waals surface area (Å²) in [6.07, 6.45) is 8.49. The van der Waals surface area contributed by atoms with Gasteiger partial charge < -0.3 is 9.64 Å². The second-order valence-corrected chi connectivity index (χ2v) is 7.74. The van der Waals surface area contributed by atoms with E-state index >= 15 is 0 Å². The van der Waals surface area contributed by atoms with E-state index in [4.69, 9.17) is 4.74 Å². The van der Waals surface area contributed by atoms with Crippen molar-refractivity contribution in [2.75, 3.05) is 26.2 Å². The highest BCUT2D eigenvalue weighted by Gasteiger charge is 2.23. The van der Waals surface area contributed by atoms with Gasteiger partial charge in [-0.1, -0.05) is 18.2 Å². The summed E-state index contributed by atoms with van der Waals surface area (Å²) < 4.78 is 5.58. The Bertz CT molecular complexity index is 986. The topological polar surface area (TPSA) is 71.5 Å². The summed E-state index contributed by atoms with van der Waals surface area (Å²) in [6, 6.07) is 11.8. The fourth-order valence-corrected chi connectivity index (χ4v) is 3.66.